The maximum atomic E-state index is 13.4. The number of aromatic nitrogens is 1. The summed E-state index contributed by atoms with van der Waals surface area (Å²) in [6.07, 6.45) is -0.476. The third-order valence-electron chi connectivity index (χ3n) is 5.03. The van der Waals surface area contributed by atoms with Gasteiger partial charge in [0.2, 0.25) is 0 Å². The highest BCUT2D eigenvalue weighted by molar-refractivity contribution is 5.97. The molecule has 1 aromatic heterocycles. The second-order valence-electron chi connectivity index (χ2n) is 7.59. The van der Waals surface area contributed by atoms with Gasteiger partial charge < -0.3 is 24.6 Å². The Morgan fingerprint density at radius 2 is 1.57 bits per heavy atom. The van der Waals surface area contributed by atoms with E-state index in [1.807, 2.05) is 0 Å². The topological polar surface area (TPSA) is 107 Å². The smallest absolute Gasteiger partial charge is 0.328 e. The predicted molar refractivity (Wildman–Crippen MR) is 121 cm³/mol. The van der Waals surface area contributed by atoms with E-state index in [4.69, 9.17) is 14.2 Å². The van der Waals surface area contributed by atoms with Crippen LogP contribution in [0.5, 0.6) is 17.2 Å². The molecule has 0 aliphatic rings. The van der Waals surface area contributed by atoms with Crippen molar-refractivity contribution in [2.24, 2.45) is 0 Å². The molecule has 0 fully saturated rings. The number of halogens is 2. The van der Waals surface area contributed by atoms with E-state index in [2.05, 4.69) is 10.3 Å². The highest BCUT2D eigenvalue weighted by Crippen LogP contribution is 2.29. The van der Waals surface area contributed by atoms with Crippen LogP contribution in [0.2, 0.25) is 0 Å². The van der Waals surface area contributed by atoms with Crippen LogP contribution in [0.15, 0.2) is 60.8 Å². The lowest BCUT2D eigenvalue weighted by Gasteiger charge is -2.27. The summed E-state index contributed by atoms with van der Waals surface area (Å²) in [4.78, 5) is 29.0. The number of carbonyl (C=O) groups excluding carboxylic acids is 2. The molecular weight excluding hydrogens is 462 g/mol. The number of aromatic hydroxyl groups is 1. The van der Waals surface area contributed by atoms with Gasteiger partial charge in [0, 0.05) is 12.3 Å². The summed E-state index contributed by atoms with van der Waals surface area (Å²) in [5.74, 6) is -2.61. The number of pyridine rings is 1. The van der Waals surface area contributed by atoms with Crippen molar-refractivity contribution in [3.63, 3.8) is 0 Å². The Morgan fingerprint density at radius 3 is 2.17 bits per heavy atom. The summed E-state index contributed by atoms with van der Waals surface area (Å²) in [5.41, 5.74) is 0.194. The molecule has 0 spiro atoms. The summed E-state index contributed by atoms with van der Waals surface area (Å²) in [6.45, 7) is 2.97. The molecular formula is C25H24F2N2O6. The maximum Gasteiger partial charge on any atom is 0.328 e. The average molecular weight is 486 g/mol. The number of rotatable bonds is 9. The molecule has 0 unspecified atom stereocenters. The van der Waals surface area contributed by atoms with Crippen molar-refractivity contribution in [3.05, 3.63) is 83.7 Å². The number of benzene rings is 2. The van der Waals surface area contributed by atoms with Gasteiger partial charge in [-0.2, -0.15) is 0 Å². The van der Waals surface area contributed by atoms with Crippen molar-refractivity contribution in [1.29, 1.82) is 0 Å². The highest BCUT2D eigenvalue weighted by atomic mass is 19.1. The zero-order valence-electron chi connectivity index (χ0n) is 19.2. The van der Waals surface area contributed by atoms with Gasteiger partial charge in [0.1, 0.15) is 29.5 Å². The van der Waals surface area contributed by atoms with Crippen LogP contribution in [0, 0.1) is 11.6 Å². The molecule has 3 atom stereocenters. The van der Waals surface area contributed by atoms with E-state index < -0.39 is 47.5 Å². The van der Waals surface area contributed by atoms with Gasteiger partial charge in [-0.3, -0.25) is 4.79 Å². The number of esters is 1. The Balaban J connectivity index is 1.72. The van der Waals surface area contributed by atoms with Crippen LogP contribution in [0.1, 0.15) is 36.0 Å². The van der Waals surface area contributed by atoms with Gasteiger partial charge in [0.05, 0.1) is 7.11 Å². The van der Waals surface area contributed by atoms with Gasteiger partial charge in [0.15, 0.2) is 23.3 Å². The number of ether oxygens (including phenoxy) is 3. The van der Waals surface area contributed by atoms with Gasteiger partial charge >= 0.3 is 5.97 Å². The Bertz CT molecular complexity index is 1170. The minimum Gasteiger partial charge on any atom is -0.503 e. The van der Waals surface area contributed by atoms with Gasteiger partial charge in [-0.15, -0.1) is 0 Å². The molecule has 3 aromatic rings. The van der Waals surface area contributed by atoms with E-state index in [0.29, 0.717) is 11.3 Å². The number of hydrogen-bond donors (Lipinski definition) is 2. The monoisotopic (exact) mass is 486 g/mol. The first-order valence-electron chi connectivity index (χ1n) is 10.6. The normalized spacial score (nSPS) is 13.3. The van der Waals surface area contributed by atoms with Gasteiger partial charge in [-0.25, -0.2) is 18.6 Å². The molecule has 3 rings (SSSR count). The van der Waals surface area contributed by atoms with Crippen LogP contribution in [-0.2, 0) is 9.53 Å². The molecule has 0 radical (unpaired) electrons. The minimum absolute atomic E-state index is 0.0501. The molecule has 1 amide bonds. The van der Waals surface area contributed by atoms with Gasteiger partial charge in [-0.05, 0) is 55.8 Å². The number of carbonyl (C=O) groups is 2. The Kier molecular flexibility index (Phi) is 8.19. The first-order chi connectivity index (χ1) is 16.7. The van der Waals surface area contributed by atoms with E-state index in [0.717, 1.165) is 0 Å². The molecule has 0 bridgehead atoms. The molecule has 0 aliphatic carbocycles. The Labute approximate surface area is 200 Å². The van der Waals surface area contributed by atoms with E-state index in [1.165, 1.54) is 74.8 Å². The third kappa shape index (κ3) is 6.44. The first-order valence-corrected chi connectivity index (χ1v) is 10.6. The summed E-state index contributed by atoms with van der Waals surface area (Å²) >= 11 is 0. The molecule has 1 heterocycles. The quantitative estimate of drug-likeness (QED) is 0.441. The maximum absolute atomic E-state index is 13.4. The molecule has 0 saturated carbocycles. The van der Waals surface area contributed by atoms with E-state index >= 15 is 0 Å². The highest BCUT2D eigenvalue weighted by Gasteiger charge is 2.29. The lowest BCUT2D eigenvalue weighted by atomic mass is 10.0. The third-order valence-corrected chi connectivity index (χ3v) is 5.03. The zero-order chi connectivity index (χ0) is 25.5. The Morgan fingerprint density at radius 1 is 0.971 bits per heavy atom. The fourth-order valence-electron chi connectivity index (χ4n) is 3.19. The van der Waals surface area contributed by atoms with Crippen molar-refractivity contribution in [2.45, 2.75) is 32.1 Å². The predicted octanol–water partition coefficient (Wildman–Crippen LogP) is 3.94. The standard InChI is InChI=1S/C25H24F2N2O6/c1-14(29-24(31)21-22(30)20(33-3)12-13-28-21)25(32)34-15(2)23(16-4-6-17(26)7-5-16)35-19-10-8-18(27)9-11-19/h4-15,23,30H,1-3H3,(H,29,31)/t14-,15-,23-/m0/s1. The molecule has 0 aliphatic heterocycles. The molecule has 184 valence electrons. The molecule has 0 saturated heterocycles. The fourth-order valence-corrected chi connectivity index (χ4v) is 3.19. The molecule has 8 nitrogen and oxygen atoms in total. The van der Waals surface area contributed by atoms with Crippen molar-refractivity contribution >= 4 is 11.9 Å². The molecule has 10 heteroatoms. The second kappa shape index (κ2) is 11.3. The summed E-state index contributed by atoms with van der Waals surface area (Å²) in [7, 11) is 1.32. The molecule has 2 N–H and O–H groups in total. The number of methoxy groups -OCH3 is 1. The second-order valence-corrected chi connectivity index (χ2v) is 7.59. The minimum atomic E-state index is -1.11. The average Bonchev–Trinajstić information content (AvgIpc) is 2.84. The van der Waals surface area contributed by atoms with Crippen LogP contribution >= 0.6 is 0 Å². The van der Waals surface area contributed by atoms with Gasteiger partial charge in [-0.1, -0.05) is 12.1 Å². The van der Waals surface area contributed by atoms with Crippen molar-refractivity contribution in [3.8, 4) is 17.2 Å². The summed E-state index contributed by atoms with van der Waals surface area (Å²) in [6, 6.07) is 11.0. The van der Waals surface area contributed by atoms with Crippen molar-refractivity contribution < 1.29 is 37.7 Å². The van der Waals surface area contributed by atoms with Crippen LogP contribution in [0.4, 0.5) is 8.78 Å². The van der Waals surface area contributed by atoms with Crippen LogP contribution in [0.3, 0.4) is 0 Å². The SMILES string of the molecule is COc1ccnc(C(=O)N[C@@H](C)C(=O)O[C@@H](C)[C@H](Oc2ccc(F)cc2)c2ccc(F)cc2)c1O. The Hall–Kier alpha value is -4.21. The van der Waals surface area contributed by atoms with Gasteiger partial charge in [0.25, 0.3) is 5.91 Å². The molecule has 35 heavy (non-hydrogen) atoms. The van der Waals surface area contributed by atoms with E-state index in [-0.39, 0.29) is 11.4 Å². The van der Waals surface area contributed by atoms with Crippen LogP contribution in [-0.4, -0.2) is 41.2 Å². The van der Waals surface area contributed by atoms with Crippen LogP contribution < -0.4 is 14.8 Å². The number of amides is 1. The van der Waals surface area contributed by atoms with E-state index in [1.54, 1.807) is 6.92 Å². The molecule has 2 aromatic carbocycles. The lowest BCUT2D eigenvalue weighted by molar-refractivity contribution is -0.154. The number of nitrogens with zero attached hydrogens (tertiary/aromatic N) is 1. The number of nitrogens with one attached hydrogen (secondary N) is 1. The summed E-state index contributed by atoms with van der Waals surface area (Å²) in [5, 5.41) is 12.5. The van der Waals surface area contributed by atoms with E-state index in [9.17, 15) is 23.5 Å². The fraction of sp³-hybridized carbons (Fsp3) is 0.240. The summed E-state index contributed by atoms with van der Waals surface area (Å²) < 4.78 is 43.1. The van der Waals surface area contributed by atoms with Crippen molar-refractivity contribution in [1.82, 2.24) is 10.3 Å². The van der Waals surface area contributed by atoms with Crippen molar-refractivity contribution in [2.75, 3.05) is 7.11 Å². The largest absolute Gasteiger partial charge is 0.503 e. The van der Waals surface area contributed by atoms with Crippen LogP contribution in [0.25, 0.3) is 0 Å². The number of hydrogen-bond acceptors (Lipinski definition) is 7. The lowest BCUT2D eigenvalue weighted by Crippen LogP contribution is -2.42. The first kappa shape index (κ1) is 25.4. The zero-order valence-corrected chi connectivity index (χ0v) is 19.2.